The molecule has 0 aromatic carbocycles. The fraction of sp³-hybridized carbons (Fsp3) is 0.571. The molecule has 2 atom stereocenters. The fourth-order valence-corrected chi connectivity index (χ4v) is 2.47. The first kappa shape index (κ1) is 24.6. The van der Waals surface area contributed by atoms with Crippen molar-refractivity contribution < 1.29 is 14.4 Å². The summed E-state index contributed by atoms with van der Waals surface area (Å²) in [5.41, 5.74) is 6.32. The lowest BCUT2D eigenvalue weighted by atomic mass is 9.86. The van der Waals surface area contributed by atoms with Crippen molar-refractivity contribution in [3.8, 4) is 0 Å². The van der Waals surface area contributed by atoms with E-state index in [1.807, 2.05) is 52.8 Å². The highest BCUT2D eigenvalue weighted by Gasteiger charge is 2.32. The zero-order valence-electron chi connectivity index (χ0n) is 17.8. The molecule has 0 aromatic heterocycles. The third-order valence-corrected chi connectivity index (χ3v) is 4.28. The Hall–Kier alpha value is -2.37. The summed E-state index contributed by atoms with van der Waals surface area (Å²) < 4.78 is 0. The highest BCUT2D eigenvalue weighted by molar-refractivity contribution is 5.90. The molecule has 0 saturated carbocycles. The van der Waals surface area contributed by atoms with Crippen LogP contribution in [-0.4, -0.2) is 35.7 Å². The zero-order valence-corrected chi connectivity index (χ0v) is 17.8. The van der Waals surface area contributed by atoms with Gasteiger partial charge < -0.3 is 16.0 Å². The second-order valence-electron chi connectivity index (χ2n) is 7.90. The van der Waals surface area contributed by atoms with Crippen molar-refractivity contribution >= 4 is 17.7 Å². The number of hydrogen-bond acceptors (Lipinski definition) is 3. The van der Waals surface area contributed by atoms with Crippen LogP contribution in [0.2, 0.25) is 0 Å². The molecule has 0 heterocycles. The number of carbonyl (C=O) groups is 3. The average molecular weight is 378 g/mol. The summed E-state index contributed by atoms with van der Waals surface area (Å²) in [6.45, 7) is 15.0. The van der Waals surface area contributed by atoms with E-state index in [9.17, 15) is 14.4 Å². The van der Waals surface area contributed by atoms with E-state index in [1.54, 1.807) is 14.0 Å². The molecule has 0 fully saturated rings. The zero-order chi connectivity index (χ0) is 21.4. The normalized spacial score (nSPS) is 14.6. The van der Waals surface area contributed by atoms with Crippen LogP contribution >= 0.6 is 0 Å². The van der Waals surface area contributed by atoms with Crippen LogP contribution < -0.4 is 11.1 Å². The van der Waals surface area contributed by atoms with E-state index in [2.05, 4.69) is 11.9 Å². The lowest BCUT2D eigenvalue weighted by Gasteiger charge is -2.29. The maximum Gasteiger partial charge on any atom is 0.240 e. The second-order valence-corrected chi connectivity index (χ2v) is 7.90. The molecule has 0 aliphatic carbocycles. The number of nitrogens with one attached hydrogen (secondary N) is 1. The van der Waals surface area contributed by atoms with Gasteiger partial charge in [0.2, 0.25) is 17.7 Å². The van der Waals surface area contributed by atoms with Crippen molar-refractivity contribution in [3.05, 3.63) is 36.1 Å². The Morgan fingerprint density at radius 3 is 2.26 bits per heavy atom. The maximum absolute atomic E-state index is 12.6. The lowest BCUT2D eigenvalue weighted by Crippen LogP contribution is -2.52. The number of likely N-dealkylation sites (N-methyl/N-ethyl adjacent to an activating group) is 1. The Bertz CT molecular complexity index is 627. The Kier molecular flexibility index (Phi) is 9.76. The SMILES string of the molecule is C=C(/C(C)=C\C=C/CC)N(C)C(=O)C(C)CC(=O)N[C@H](C(N)=O)C(C)(C)C. The number of nitrogens with zero attached hydrogens (tertiary/aromatic N) is 1. The van der Waals surface area contributed by atoms with Gasteiger partial charge in [-0.1, -0.05) is 59.4 Å². The van der Waals surface area contributed by atoms with Crippen molar-refractivity contribution in [2.24, 2.45) is 17.1 Å². The molecule has 27 heavy (non-hydrogen) atoms. The molecule has 3 amide bonds. The lowest BCUT2D eigenvalue weighted by molar-refractivity contribution is -0.136. The monoisotopic (exact) mass is 377 g/mol. The van der Waals surface area contributed by atoms with Crippen LogP contribution in [0.3, 0.4) is 0 Å². The van der Waals surface area contributed by atoms with Gasteiger partial charge in [0, 0.05) is 25.1 Å². The summed E-state index contributed by atoms with van der Waals surface area (Å²) in [4.78, 5) is 38.0. The summed E-state index contributed by atoms with van der Waals surface area (Å²) in [6.07, 6.45) is 6.72. The van der Waals surface area contributed by atoms with Crippen molar-refractivity contribution in [3.63, 3.8) is 0 Å². The number of allylic oxidation sites excluding steroid dienone is 4. The van der Waals surface area contributed by atoms with Crippen LogP contribution in [0.15, 0.2) is 36.1 Å². The number of rotatable bonds is 9. The number of primary amides is 1. The fourth-order valence-electron chi connectivity index (χ4n) is 2.47. The highest BCUT2D eigenvalue weighted by atomic mass is 16.2. The van der Waals surface area contributed by atoms with E-state index in [1.165, 1.54) is 4.90 Å². The number of amides is 3. The molecule has 6 nitrogen and oxygen atoms in total. The first-order valence-electron chi connectivity index (χ1n) is 9.21. The van der Waals surface area contributed by atoms with E-state index in [4.69, 9.17) is 5.73 Å². The smallest absolute Gasteiger partial charge is 0.240 e. The molecule has 0 radical (unpaired) electrons. The molecule has 0 aliphatic heterocycles. The Balaban J connectivity index is 4.96. The molecule has 1 unspecified atom stereocenters. The molecular formula is C21H35N3O3. The van der Waals surface area contributed by atoms with Crippen molar-refractivity contribution in [1.29, 1.82) is 0 Å². The predicted octanol–water partition coefficient (Wildman–Crippen LogP) is 2.91. The van der Waals surface area contributed by atoms with Gasteiger partial charge in [-0.3, -0.25) is 14.4 Å². The van der Waals surface area contributed by atoms with Gasteiger partial charge in [-0.05, 0) is 24.3 Å². The largest absolute Gasteiger partial charge is 0.368 e. The van der Waals surface area contributed by atoms with Crippen molar-refractivity contribution in [1.82, 2.24) is 10.2 Å². The second kappa shape index (κ2) is 10.7. The number of carbonyl (C=O) groups excluding carboxylic acids is 3. The van der Waals surface area contributed by atoms with Crippen LogP contribution in [0.1, 0.15) is 54.4 Å². The van der Waals surface area contributed by atoms with Gasteiger partial charge in [-0.15, -0.1) is 0 Å². The predicted molar refractivity (Wildman–Crippen MR) is 109 cm³/mol. The van der Waals surface area contributed by atoms with Gasteiger partial charge in [-0.25, -0.2) is 0 Å². The number of hydrogen-bond donors (Lipinski definition) is 2. The van der Waals surface area contributed by atoms with E-state index < -0.39 is 23.3 Å². The van der Waals surface area contributed by atoms with E-state index >= 15 is 0 Å². The molecule has 0 saturated heterocycles. The van der Waals surface area contributed by atoms with Gasteiger partial charge >= 0.3 is 0 Å². The summed E-state index contributed by atoms with van der Waals surface area (Å²) >= 11 is 0. The first-order valence-corrected chi connectivity index (χ1v) is 9.21. The topological polar surface area (TPSA) is 92.5 Å². The number of nitrogens with two attached hydrogens (primary N) is 1. The molecule has 0 aliphatic rings. The molecule has 6 heteroatoms. The van der Waals surface area contributed by atoms with Crippen LogP contribution in [0.5, 0.6) is 0 Å². The highest BCUT2D eigenvalue weighted by Crippen LogP contribution is 2.20. The molecule has 0 spiro atoms. The summed E-state index contributed by atoms with van der Waals surface area (Å²) in [5.74, 6) is -1.75. The standard InChI is InChI=1S/C21H35N3O3/c1-9-10-11-12-14(2)16(4)24(8)20(27)15(3)13-17(25)23-18(19(22)26)21(5,6)7/h10-12,15,18H,4,9,13H2,1-3,5-8H3,(H2,22,26)(H,23,25)/b11-10-,14-12-/t15?,18-/m1/s1. The molecule has 152 valence electrons. The minimum atomic E-state index is -0.796. The molecule has 3 N–H and O–H groups in total. The Labute approximate surface area is 163 Å². The Morgan fingerprint density at radius 2 is 1.81 bits per heavy atom. The quantitative estimate of drug-likeness (QED) is 0.605. The van der Waals surface area contributed by atoms with Crippen LogP contribution in [-0.2, 0) is 14.4 Å². The van der Waals surface area contributed by atoms with Crippen molar-refractivity contribution in [2.45, 2.75) is 60.4 Å². The first-order chi connectivity index (χ1) is 12.3. The molecule has 0 rings (SSSR count). The van der Waals surface area contributed by atoms with Gasteiger partial charge in [0.05, 0.1) is 0 Å². The third kappa shape index (κ3) is 8.24. The van der Waals surface area contributed by atoms with Crippen LogP contribution in [0.4, 0.5) is 0 Å². The van der Waals surface area contributed by atoms with E-state index in [0.717, 1.165) is 12.0 Å². The average Bonchev–Trinajstić information content (AvgIpc) is 2.56. The van der Waals surface area contributed by atoms with Crippen LogP contribution in [0, 0.1) is 11.3 Å². The van der Waals surface area contributed by atoms with E-state index in [0.29, 0.717) is 5.70 Å². The van der Waals surface area contributed by atoms with Gasteiger partial charge in [0.25, 0.3) is 0 Å². The van der Waals surface area contributed by atoms with Gasteiger partial charge in [0.1, 0.15) is 6.04 Å². The third-order valence-electron chi connectivity index (χ3n) is 4.28. The Morgan fingerprint density at radius 1 is 1.26 bits per heavy atom. The molecule has 0 aromatic rings. The summed E-state index contributed by atoms with van der Waals surface area (Å²) in [6, 6.07) is -0.796. The van der Waals surface area contributed by atoms with Gasteiger partial charge in [-0.2, -0.15) is 0 Å². The van der Waals surface area contributed by atoms with Crippen molar-refractivity contribution in [2.75, 3.05) is 7.05 Å². The summed E-state index contributed by atoms with van der Waals surface area (Å²) in [7, 11) is 1.64. The molecular weight excluding hydrogens is 342 g/mol. The van der Waals surface area contributed by atoms with Crippen LogP contribution in [0.25, 0.3) is 0 Å². The molecule has 0 bridgehead atoms. The minimum Gasteiger partial charge on any atom is -0.368 e. The minimum absolute atomic E-state index is 0.0329. The van der Waals surface area contributed by atoms with Gasteiger partial charge in [0.15, 0.2) is 0 Å². The maximum atomic E-state index is 12.6. The summed E-state index contributed by atoms with van der Waals surface area (Å²) in [5, 5.41) is 2.64. The van der Waals surface area contributed by atoms with E-state index in [-0.39, 0.29) is 18.2 Å².